The first-order valence-corrected chi connectivity index (χ1v) is 19.2. The molecule has 1 heterocycles. The number of fused-ring (bicyclic) bond motifs is 3. The number of nitrogens with zero attached hydrogens (tertiary/aromatic N) is 2. The summed E-state index contributed by atoms with van der Waals surface area (Å²) in [6.45, 7) is 0. The van der Waals surface area contributed by atoms with Crippen LogP contribution >= 0.6 is 0 Å². The number of anilines is 3. The molecule has 0 aliphatic carbocycles. The lowest BCUT2D eigenvalue weighted by atomic mass is 9.93. The van der Waals surface area contributed by atoms with E-state index in [1.165, 1.54) is 38.5 Å². The van der Waals surface area contributed by atoms with Gasteiger partial charge >= 0.3 is 0 Å². The van der Waals surface area contributed by atoms with Crippen molar-refractivity contribution in [2.24, 2.45) is 0 Å². The molecule has 264 valence electrons. The van der Waals surface area contributed by atoms with Gasteiger partial charge in [-0.3, -0.25) is 0 Å². The zero-order valence-corrected chi connectivity index (χ0v) is 30.8. The van der Waals surface area contributed by atoms with E-state index in [9.17, 15) is 0 Å². The number of para-hydroxylation sites is 3. The van der Waals surface area contributed by atoms with Gasteiger partial charge in [0.05, 0.1) is 16.7 Å². The molecule has 0 saturated carbocycles. The highest BCUT2D eigenvalue weighted by atomic mass is 15.1. The lowest BCUT2D eigenvalue weighted by molar-refractivity contribution is 1.18. The van der Waals surface area contributed by atoms with Crippen molar-refractivity contribution < 1.29 is 0 Å². The zero-order chi connectivity index (χ0) is 37.3. The third-order valence-corrected chi connectivity index (χ3v) is 10.8. The molecule has 0 aliphatic heterocycles. The van der Waals surface area contributed by atoms with Gasteiger partial charge in [0.25, 0.3) is 0 Å². The Kier molecular flexibility index (Phi) is 8.55. The highest BCUT2D eigenvalue weighted by Crippen LogP contribution is 2.48. The van der Waals surface area contributed by atoms with Crippen molar-refractivity contribution in [1.82, 2.24) is 4.57 Å². The van der Waals surface area contributed by atoms with Gasteiger partial charge in [-0.25, -0.2) is 0 Å². The van der Waals surface area contributed by atoms with E-state index in [1.54, 1.807) is 0 Å². The van der Waals surface area contributed by atoms with Gasteiger partial charge in [0, 0.05) is 39.0 Å². The Labute approximate surface area is 327 Å². The third-order valence-electron chi connectivity index (χ3n) is 10.8. The second kappa shape index (κ2) is 14.4. The van der Waals surface area contributed by atoms with Crippen LogP contribution in [0, 0.1) is 0 Å². The number of hydrogen-bond donors (Lipinski definition) is 0. The minimum absolute atomic E-state index is 1.08. The molecule has 10 rings (SSSR count). The molecule has 56 heavy (non-hydrogen) atoms. The normalized spacial score (nSPS) is 11.2. The first-order valence-electron chi connectivity index (χ1n) is 19.2. The highest BCUT2D eigenvalue weighted by Gasteiger charge is 2.23. The fourth-order valence-electron chi connectivity index (χ4n) is 8.13. The molecular weight excluding hydrogens is 677 g/mol. The molecule has 9 aromatic carbocycles. The summed E-state index contributed by atoms with van der Waals surface area (Å²) in [5.41, 5.74) is 16.2. The van der Waals surface area contributed by atoms with Gasteiger partial charge in [-0.15, -0.1) is 0 Å². The monoisotopic (exact) mass is 714 g/mol. The summed E-state index contributed by atoms with van der Waals surface area (Å²) in [5, 5.41) is 2.46. The minimum atomic E-state index is 1.08. The molecule has 0 saturated heterocycles. The number of benzene rings is 9. The Morgan fingerprint density at radius 3 is 1.32 bits per heavy atom. The fourth-order valence-corrected chi connectivity index (χ4v) is 8.13. The van der Waals surface area contributed by atoms with Gasteiger partial charge in [-0.05, 0) is 75.8 Å². The topological polar surface area (TPSA) is 8.17 Å². The van der Waals surface area contributed by atoms with Crippen molar-refractivity contribution in [3.8, 4) is 50.2 Å². The van der Waals surface area contributed by atoms with E-state index < -0.39 is 0 Å². The lowest BCUT2D eigenvalue weighted by Crippen LogP contribution is -2.13. The van der Waals surface area contributed by atoms with Crippen LogP contribution in [-0.2, 0) is 0 Å². The van der Waals surface area contributed by atoms with Crippen LogP contribution < -0.4 is 4.90 Å². The van der Waals surface area contributed by atoms with Crippen molar-refractivity contribution in [3.05, 3.63) is 231 Å². The summed E-state index contributed by atoms with van der Waals surface area (Å²) in [4.78, 5) is 2.46. The maximum absolute atomic E-state index is 2.46. The van der Waals surface area contributed by atoms with Crippen molar-refractivity contribution in [3.63, 3.8) is 0 Å². The van der Waals surface area contributed by atoms with Gasteiger partial charge in [-0.2, -0.15) is 0 Å². The van der Waals surface area contributed by atoms with Crippen LogP contribution in [-0.4, -0.2) is 4.57 Å². The Morgan fingerprint density at radius 1 is 0.286 bits per heavy atom. The maximum Gasteiger partial charge on any atom is 0.0618 e. The Balaban J connectivity index is 1.24. The first-order chi connectivity index (χ1) is 27.8. The number of aromatic nitrogens is 1. The van der Waals surface area contributed by atoms with Gasteiger partial charge < -0.3 is 9.47 Å². The molecule has 0 atom stereocenters. The Bertz CT molecular complexity index is 2910. The summed E-state index contributed by atoms with van der Waals surface area (Å²) in [5.74, 6) is 0. The van der Waals surface area contributed by atoms with Crippen LogP contribution in [0.1, 0.15) is 0 Å². The summed E-state index contributed by atoms with van der Waals surface area (Å²) in [7, 11) is 0. The predicted molar refractivity (Wildman–Crippen MR) is 237 cm³/mol. The SMILES string of the molecule is c1ccc(-c2ccc(-c3cccc(-c4ccccc4)c3N(c3ccc(-c4ccccc4)cc3)c3ccc4c5ccccc5n(-c5ccccc5)c4c3)cc2)cc1. The first kappa shape index (κ1) is 33.2. The molecule has 0 spiro atoms. The minimum Gasteiger partial charge on any atom is -0.309 e. The summed E-state index contributed by atoms with van der Waals surface area (Å²) in [6.07, 6.45) is 0. The van der Waals surface area contributed by atoms with Crippen LogP contribution in [0.2, 0.25) is 0 Å². The van der Waals surface area contributed by atoms with Crippen molar-refractivity contribution >= 4 is 38.9 Å². The third kappa shape index (κ3) is 6.04. The largest absolute Gasteiger partial charge is 0.309 e. The standard InChI is InChI=1S/C54H38N2/c1-5-16-39(17-6-1)41-28-30-44(31-29-41)49-26-15-25-48(43-20-9-3-10-21-43)54(49)55(46-34-32-42(33-35-46)40-18-7-2-8-19-40)47-36-37-51-50-24-13-14-27-52(50)56(53(51)38-47)45-22-11-4-12-23-45/h1-38H. The molecular formula is C54H38N2. The van der Waals surface area contributed by atoms with Crippen LogP contribution in [0.5, 0.6) is 0 Å². The van der Waals surface area contributed by atoms with E-state index in [-0.39, 0.29) is 0 Å². The second-order valence-corrected chi connectivity index (χ2v) is 14.1. The van der Waals surface area contributed by atoms with Crippen LogP contribution in [0.15, 0.2) is 231 Å². The van der Waals surface area contributed by atoms with Crippen molar-refractivity contribution in [1.29, 1.82) is 0 Å². The quantitative estimate of drug-likeness (QED) is 0.152. The van der Waals surface area contributed by atoms with E-state index >= 15 is 0 Å². The smallest absolute Gasteiger partial charge is 0.0618 e. The van der Waals surface area contributed by atoms with E-state index in [1.807, 2.05) is 0 Å². The van der Waals surface area contributed by atoms with Gasteiger partial charge in [-0.1, -0.05) is 188 Å². The molecule has 0 fully saturated rings. The maximum atomic E-state index is 2.46. The van der Waals surface area contributed by atoms with Crippen molar-refractivity contribution in [2.75, 3.05) is 4.90 Å². The zero-order valence-electron chi connectivity index (χ0n) is 30.8. The molecule has 2 nitrogen and oxygen atoms in total. The van der Waals surface area contributed by atoms with E-state index in [2.05, 4.69) is 240 Å². The van der Waals surface area contributed by atoms with Crippen LogP contribution in [0.3, 0.4) is 0 Å². The van der Waals surface area contributed by atoms with Gasteiger partial charge in [0.1, 0.15) is 0 Å². The molecule has 0 amide bonds. The molecule has 0 unspecified atom stereocenters. The molecule has 0 N–H and O–H groups in total. The second-order valence-electron chi connectivity index (χ2n) is 14.1. The summed E-state index contributed by atoms with van der Waals surface area (Å²) >= 11 is 0. The molecule has 0 radical (unpaired) electrons. The number of rotatable bonds is 8. The lowest BCUT2D eigenvalue weighted by Gasteiger charge is -2.31. The molecule has 10 aromatic rings. The fraction of sp³-hybridized carbons (Fsp3) is 0. The van der Waals surface area contributed by atoms with Crippen LogP contribution in [0.25, 0.3) is 72.0 Å². The Morgan fingerprint density at radius 2 is 0.714 bits per heavy atom. The van der Waals surface area contributed by atoms with E-state index in [4.69, 9.17) is 0 Å². The van der Waals surface area contributed by atoms with Crippen molar-refractivity contribution in [2.45, 2.75) is 0 Å². The molecule has 0 bridgehead atoms. The van der Waals surface area contributed by atoms with Gasteiger partial charge in [0.2, 0.25) is 0 Å². The highest BCUT2D eigenvalue weighted by molar-refractivity contribution is 6.11. The van der Waals surface area contributed by atoms with Gasteiger partial charge in [0.15, 0.2) is 0 Å². The van der Waals surface area contributed by atoms with Crippen LogP contribution in [0.4, 0.5) is 17.1 Å². The average Bonchev–Trinajstić information content (AvgIpc) is 3.62. The molecule has 0 aliphatic rings. The van der Waals surface area contributed by atoms with E-state index in [0.717, 1.165) is 50.5 Å². The molecule has 2 heteroatoms. The predicted octanol–water partition coefficient (Wildman–Crippen LogP) is 14.9. The Hall–Kier alpha value is -7.42. The molecule has 1 aromatic heterocycles. The summed E-state index contributed by atoms with van der Waals surface area (Å²) in [6, 6.07) is 83.2. The summed E-state index contributed by atoms with van der Waals surface area (Å²) < 4.78 is 2.40. The number of hydrogen-bond acceptors (Lipinski definition) is 1. The van der Waals surface area contributed by atoms with E-state index in [0.29, 0.717) is 0 Å². The average molecular weight is 715 g/mol.